The molecule has 0 rings (SSSR count). The van der Waals surface area contributed by atoms with Gasteiger partial charge in [-0.15, -0.1) is 6.58 Å². The third-order valence-corrected chi connectivity index (χ3v) is 1.97. The SMILES string of the molecule is C=C(C)CCCCCNC(=C)COC. The van der Waals surface area contributed by atoms with Crippen molar-refractivity contribution in [2.45, 2.75) is 32.6 Å². The average Bonchev–Trinajstić information content (AvgIpc) is 2.11. The first-order valence-electron chi connectivity index (χ1n) is 5.21. The van der Waals surface area contributed by atoms with E-state index in [9.17, 15) is 0 Å². The molecule has 0 radical (unpaired) electrons. The smallest absolute Gasteiger partial charge is 0.0852 e. The van der Waals surface area contributed by atoms with Crippen LogP contribution in [0.2, 0.25) is 0 Å². The lowest BCUT2D eigenvalue weighted by molar-refractivity contribution is 0.220. The first-order chi connectivity index (χ1) is 6.66. The molecule has 14 heavy (non-hydrogen) atoms. The van der Waals surface area contributed by atoms with Crippen molar-refractivity contribution in [3.8, 4) is 0 Å². The van der Waals surface area contributed by atoms with Crippen LogP contribution in [-0.2, 0) is 4.74 Å². The van der Waals surface area contributed by atoms with Gasteiger partial charge in [-0.2, -0.15) is 0 Å². The number of hydrogen-bond acceptors (Lipinski definition) is 2. The Balaban J connectivity index is 3.13. The van der Waals surface area contributed by atoms with Gasteiger partial charge < -0.3 is 10.1 Å². The van der Waals surface area contributed by atoms with Crippen molar-refractivity contribution in [1.29, 1.82) is 0 Å². The van der Waals surface area contributed by atoms with Crippen molar-refractivity contribution in [1.82, 2.24) is 5.32 Å². The second-order valence-electron chi connectivity index (χ2n) is 3.73. The molecule has 0 amide bonds. The van der Waals surface area contributed by atoms with E-state index in [1.54, 1.807) is 7.11 Å². The summed E-state index contributed by atoms with van der Waals surface area (Å²) in [7, 11) is 1.68. The maximum absolute atomic E-state index is 4.94. The van der Waals surface area contributed by atoms with E-state index in [0.717, 1.165) is 18.7 Å². The zero-order chi connectivity index (χ0) is 10.8. The Morgan fingerprint density at radius 3 is 2.50 bits per heavy atom. The van der Waals surface area contributed by atoms with Crippen LogP contribution in [0.4, 0.5) is 0 Å². The van der Waals surface area contributed by atoms with Gasteiger partial charge in [0.25, 0.3) is 0 Å². The lowest BCUT2D eigenvalue weighted by Gasteiger charge is -2.08. The minimum atomic E-state index is 0.603. The van der Waals surface area contributed by atoms with Crippen molar-refractivity contribution in [3.05, 3.63) is 24.4 Å². The molecule has 0 fully saturated rings. The van der Waals surface area contributed by atoms with Gasteiger partial charge in [0, 0.05) is 19.4 Å². The fourth-order valence-corrected chi connectivity index (χ4v) is 1.22. The van der Waals surface area contributed by atoms with E-state index in [2.05, 4.69) is 25.4 Å². The second kappa shape index (κ2) is 8.82. The molecular weight excluding hydrogens is 174 g/mol. The zero-order valence-electron chi connectivity index (χ0n) is 9.57. The van der Waals surface area contributed by atoms with Gasteiger partial charge in [-0.3, -0.25) is 0 Å². The van der Waals surface area contributed by atoms with E-state index in [0.29, 0.717) is 6.61 Å². The van der Waals surface area contributed by atoms with Crippen LogP contribution in [0.1, 0.15) is 32.6 Å². The Morgan fingerprint density at radius 2 is 1.93 bits per heavy atom. The molecule has 0 spiro atoms. The normalized spacial score (nSPS) is 9.86. The van der Waals surface area contributed by atoms with E-state index in [1.807, 2.05) is 0 Å². The monoisotopic (exact) mass is 197 g/mol. The van der Waals surface area contributed by atoms with Gasteiger partial charge in [0.2, 0.25) is 0 Å². The molecule has 1 N–H and O–H groups in total. The molecule has 0 bridgehead atoms. The lowest BCUT2D eigenvalue weighted by Crippen LogP contribution is -2.17. The molecule has 0 aliphatic rings. The fraction of sp³-hybridized carbons (Fsp3) is 0.667. The summed E-state index contributed by atoms with van der Waals surface area (Å²) in [5, 5.41) is 3.23. The van der Waals surface area contributed by atoms with E-state index < -0.39 is 0 Å². The molecule has 0 heterocycles. The van der Waals surface area contributed by atoms with Gasteiger partial charge in [0.15, 0.2) is 0 Å². The number of ether oxygens (including phenoxy) is 1. The number of methoxy groups -OCH3 is 1. The Bertz CT molecular complexity index is 175. The van der Waals surface area contributed by atoms with Crippen LogP contribution in [0.5, 0.6) is 0 Å². The molecule has 0 aromatic heterocycles. The minimum Gasteiger partial charge on any atom is -0.387 e. The molecule has 0 aliphatic heterocycles. The van der Waals surface area contributed by atoms with Crippen LogP contribution >= 0.6 is 0 Å². The number of allylic oxidation sites excluding steroid dienone is 1. The van der Waals surface area contributed by atoms with Crippen LogP contribution in [-0.4, -0.2) is 20.3 Å². The third-order valence-electron chi connectivity index (χ3n) is 1.97. The molecule has 0 saturated carbocycles. The third kappa shape index (κ3) is 9.33. The van der Waals surface area contributed by atoms with Crippen LogP contribution in [0.3, 0.4) is 0 Å². The van der Waals surface area contributed by atoms with Crippen LogP contribution in [0, 0.1) is 0 Å². The summed E-state index contributed by atoms with van der Waals surface area (Å²) < 4.78 is 4.94. The van der Waals surface area contributed by atoms with Crippen molar-refractivity contribution >= 4 is 0 Å². The molecular formula is C12H23NO. The van der Waals surface area contributed by atoms with Gasteiger partial charge in [-0.25, -0.2) is 0 Å². The van der Waals surface area contributed by atoms with Gasteiger partial charge in [0.05, 0.1) is 6.61 Å². The van der Waals surface area contributed by atoms with Gasteiger partial charge >= 0.3 is 0 Å². The first kappa shape index (κ1) is 13.2. The number of nitrogens with one attached hydrogen (secondary N) is 1. The molecule has 0 aliphatic carbocycles. The summed E-state index contributed by atoms with van der Waals surface area (Å²) in [5.41, 5.74) is 2.24. The Morgan fingerprint density at radius 1 is 1.21 bits per heavy atom. The summed E-state index contributed by atoms with van der Waals surface area (Å²) in [6, 6.07) is 0. The Hall–Kier alpha value is -0.760. The number of hydrogen-bond donors (Lipinski definition) is 1. The zero-order valence-corrected chi connectivity index (χ0v) is 9.57. The van der Waals surface area contributed by atoms with E-state index in [-0.39, 0.29) is 0 Å². The lowest BCUT2D eigenvalue weighted by atomic mass is 10.1. The summed E-state index contributed by atoms with van der Waals surface area (Å²) in [5.74, 6) is 0. The Kier molecular flexibility index (Phi) is 8.34. The summed E-state index contributed by atoms with van der Waals surface area (Å²) in [6.45, 7) is 11.4. The molecule has 82 valence electrons. The molecule has 2 heteroatoms. The highest BCUT2D eigenvalue weighted by molar-refractivity contribution is 4.90. The van der Waals surface area contributed by atoms with Crippen LogP contribution < -0.4 is 5.32 Å². The van der Waals surface area contributed by atoms with Gasteiger partial charge in [-0.1, -0.05) is 18.6 Å². The van der Waals surface area contributed by atoms with E-state index in [4.69, 9.17) is 4.74 Å². The predicted octanol–water partition coefficient (Wildman–Crippen LogP) is 2.87. The molecule has 0 aromatic carbocycles. The van der Waals surface area contributed by atoms with Crippen LogP contribution in [0.25, 0.3) is 0 Å². The van der Waals surface area contributed by atoms with Crippen molar-refractivity contribution in [2.24, 2.45) is 0 Å². The number of unbranched alkanes of at least 4 members (excludes halogenated alkanes) is 2. The van der Waals surface area contributed by atoms with Crippen LogP contribution in [0.15, 0.2) is 24.4 Å². The van der Waals surface area contributed by atoms with Crippen molar-refractivity contribution in [2.75, 3.05) is 20.3 Å². The highest BCUT2D eigenvalue weighted by Gasteiger charge is 1.92. The molecule has 0 unspecified atom stereocenters. The molecule has 0 saturated heterocycles. The predicted molar refractivity (Wildman–Crippen MR) is 62.3 cm³/mol. The molecule has 0 atom stereocenters. The highest BCUT2D eigenvalue weighted by Crippen LogP contribution is 2.05. The van der Waals surface area contributed by atoms with E-state index >= 15 is 0 Å². The topological polar surface area (TPSA) is 21.3 Å². The fourth-order valence-electron chi connectivity index (χ4n) is 1.22. The Labute approximate surface area is 88.0 Å². The quantitative estimate of drug-likeness (QED) is 0.453. The summed E-state index contributed by atoms with van der Waals surface area (Å²) >= 11 is 0. The maximum Gasteiger partial charge on any atom is 0.0852 e. The van der Waals surface area contributed by atoms with Gasteiger partial charge in [-0.05, 0) is 26.2 Å². The van der Waals surface area contributed by atoms with Crippen molar-refractivity contribution < 1.29 is 4.74 Å². The largest absolute Gasteiger partial charge is 0.387 e. The average molecular weight is 197 g/mol. The molecule has 2 nitrogen and oxygen atoms in total. The maximum atomic E-state index is 4.94. The first-order valence-corrected chi connectivity index (χ1v) is 5.21. The molecule has 0 aromatic rings. The van der Waals surface area contributed by atoms with Crippen molar-refractivity contribution in [3.63, 3.8) is 0 Å². The van der Waals surface area contributed by atoms with Gasteiger partial charge in [0.1, 0.15) is 0 Å². The summed E-state index contributed by atoms with van der Waals surface area (Å²) in [4.78, 5) is 0. The van der Waals surface area contributed by atoms with E-state index in [1.165, 1.54) is 24.8 Å². The minimum absolute atomic E-state index is 0.603. The second-order valence-corrected chi connectivity index (χ2v) is 3.73. The summed E-state index contributed by atoms with van der Waals surface area (Å²) in [6.07, 6.45) is 4.84. The standard InChI is InChI=1S/C12H23NO/c1-11(2)8-6-5-7-9-13-12(3)10-14-4/h13H,1,3,5-10H2,2,4H3. The number of rotatable bonds is 9. The highest BCUT2D eigenvalue weighted by atomic mass is 16.5.